The van der Waals surface area contributed by atoms with Crippen LogP contribution in [0.1, 0.15) is 12.5 Å². The molecule has 0 saturated carbocycles. The van der Waals surface area contributed by atoms with Gasteiger partial charge >= 0.3 is 0 Å². The van der Waals surface area contributed by atoms with Crippen molar-refractivity contribution in [3.8, 4) is 5.75 Å². The highest BCUT2D eigenvalue weighted by molar-refractivity contribution is 7.90. The van der Waals surface area contributed by atoms with Gasteiger partial charge in [-0.1, -0.05) is 6.07 Å². The quantitative estimate of drug-likeness (QED) is 0.847. The number of hydrogen-bond acceptors (Lipinski definition) is 4. The van der Waals surface area contributed by atoms with Gasteiger partial charge in [-0.15, -0.1) is 0 Å². The van der Waals surface area contributed by atoms with Gasteiger partial charge in [-0.25, -0.2) is 17.4 Å². The van der Waals surface area contributed by atoms with Crippen LogP contribution in [0.3, 0.4) is 0 Å². The van der Waals surface area contributed by atoms with E-state index in [4.69, 9.17) is 4.74 Å². The van der Waals surface area contributed by atoms with Crippen molar-refractivity contribution in [2.45, 2.75) is 18.7 Å². The van der Waals surface area contributed by atoms with Crippen LogP contribution in [-0.4, -0.2) is 24.0 Å². The van der Waals surface area contributed by atoms with Gasteiger partial charge in [0.15, 0.2) is 0 Å². The molecule has 2 aromatic rings. The third kappa shape index (κ3) is 2.24. The van der Waals surface area contributed by atoms with Crippen LogP contribution in [0.5, 0.6) is 5.75 Å². The van der Waals surface area contributed by atoms with E-state index in [9.17, 15) is 8.42 Å². The second kappa shape index (κ2) is 4.81. The molecule has 0 bridgehead atoms. The maximum atomic E-state index is 12.3. The fraction of sp³-hybridized carbons (Fsp3) is 0.250. The maximum absolute atomic E-state index is 12.3. The molecule has 0 aliphatic heterocycles. The molecule has 1 aromatic carbocycles. The first kappa shape index (κ1) is 12.6. The van der Waals surface area contributed by atoms with Crippen molar-refractivity contribution >= 4 is 10.0 Å². The molecule has 0 saturated heterocycles. The van der Waals surface area contributed by atoms with E-state index in [1.165, 1.54) is 18.7 Å². The number of benzene rings is 1. The van der Waals surface area contributed by atoms with E-state index >= 15 is 0 Å². The molecule has 96 valence electrons. The first-order chi connectivity index (χ1) is 8.55. The van der Waals surface area contributed by atoms with Gasteiger partial charge in [0.1, 0.15) is 17.0 Å². The molecule has 0 atom stereocenters. The second-order valence-corrected chi connectivity index (χ2v) is 5.59. The zero-order chi connectivity index (χ0) is 13.2. The fourth-order valence-electron chi connectivity index (χ4n) is 1.60. The molecular formula is C12H14N2O3S. The Morgan fingerprint density at radius 1 is 1.39 bits per heavy atom. The van der Waals surface area contributed by atoms with E-state index in [1.54, 1.807) is 18.2 Å². The first-order valence-corrected chi connectivity index (χ1v) is 6.96. The Morgan fingerprint density at radius 2 is 2.17 bits per heavy atom. The van der Waals surface area contributed by atoms with Gasteiger partial charge in [0.05, 0.1) is 6.61 Å². The first-order valence-electron chi connectivity index (χ1n) is 5.52. The van der Waals surface area contributed by atoms with Crippen molar-refractivity contribution in [1.82, 2.24) is 8.96 Å². The van der Waals surface area contributed by atoms with Crippen molar-refractivity contribution < 1.29 is 13.2 Å². The molecule has 18 heavy (non-hydrogen) atoms. The highest BCUT2D eigenvalue weighted by atomic mass is 32.2. The van der Waals surface area contributed by atoms with Crippen molar-refractivity contribution in [3.63, 3.8) is 0 Å². The van der Waals surface area contributed by atoms with Crippen LogP contribution in [-0.2, 0) is 10.0 Å². The molecule has 6 heteroatoms. The number of rotatable bonds is 4. The Hall–Kier alpha value is -1.82. The summed E-state index contributed by atoms with van der Waals surface area (Å²) in [5.41, 5.74) is 0.947. The van der Waals surface area contributed by atoms with Gasteiger partial charge in [-0.3, -0.25) is 0 Å². The average Bonchev–Trinajstić information content (AvgIpc) is 2.83. The van der Waals surface area contributed by atoms with E-state index in [0.29, 0.717) is 12.4 Å². The summed E-state index contributed by atoms with van der Waals surface area (Å²) in [6.45, 7) is 4.11. The van der Waals surface area contributed by atoms with Crippen LogP contribution in [0.15, 0.2) is 41.8 Å². The molecule has 0 spiro atoms. The molecule has 0 aliphatic carbocycles. The molecule has 0 N–H and O–H groups in total. The highest BCUT2D eigenvalue weighted by Crippen LogP contribution is 2.26. The predicted octanol–water partition coefficient (Wildman–Crippen LogP) is 1.83. The minimum absolute atomic E-state index is 0.146. The van der Waals surface area contributed by atoms with Crippen LogP contribution in [0.4, 0.5) is 0 Å². The molecule has 0 radical (unpaired) electrons. The van der Waals surface area contributed by atoms with Gasteiger partial charge in [0.25, 0.3) is 10.0 Å². The molecule has 0 unspecified atom stereocenters. The summed E-state index contributed by atoms with van der Waals surface area (Å²) in [7, 11) is -3.64. The number of ether oxygens (including phenoxy) is 1. The summed E-state index contributed by atoms with van der Waals surface area (Å²) < 4.78 is 31.1. The van der Waals surface area contributed by atoms with Gasteiger partial charge < -0.3 is 4.74 Å². The lowest BCUT2D eigenvalue weighted by atomic mass is 10.2. The topological polar surface area (TPSA) is 61.2 Å². The third-order valence-corrected chi connectivity index (χ3v) is 4.10. The largest absolute Gasteiger partial charge is 0.492 e. The van der Waals surface area contributed by atoms with Crippen molar-refractivity contribution in [1.29, 1.82) is 0 Å². The standard InChI is InChI=1S/C12H14N2O3S/c1-3-17-11-8-10(2)4-5-12(11)18(15,16)14-7-6-13-9-14/h4-9H,3H2,1-2H3. The van der Waals surface area contributed by atoms with Crippen molar-refractivity contribution in [2.24, 2.45) is 0 Å². The summed E-state index contributed by atoms with van der Waals surface area (Å²) in [4.78, 5) is 3.90. The molecule has 0 amide bonds. The van der Waals surface area contributed by atoms with E-state index < -0.39 is 10.0 Å². The fourth-order valence-corrected chi connectivity index (χ4v) is 2.83. The normalized spacial score (nSPS) is 11.4. The van der Waals surface area contributed by atoms with Gasteiger partial charge in [-0.05, 0) is 31.5 Å². The Balaban J connectivity index is 2.57. The van der Waals surface area contributed by atoms with Crippen LogP contribution in [0.25, 0.3) is 0 Å². The van der Waals surface area contributed by atoms with Crippen LogP contribution in [0.2, 0.25) is 0 Å². The lowest BCUT2D eigenvalue weighted by Gasteiger charge is -2.11. The minimum atomic E-state index is -3.64. The lowest BCUT2D eigenvalue weighted by molar-refractivity contribution is 0.331. The summed E-state index contributed by atoms with van der Waals surface area (Å²) in [5.74, 6) is 0.367. The minimum Gasteiger partial charge on any atom is -0.492 e. The predicted molar refractivity (Wildman–Crippen MR) is 67.2 cm³/mol. The third-order valence-electron chi connectivity index (χ3n) is 2.43. The molecular weight excluding hydrogens is 252 g/mol. The number of nitrogens with zero attached hydrogens (tertiary/aromatic N) is 2. The molecule has 1 heterocycles. The SMILES string of the molecule is CCOc1cc(C)ccc1S(=O)(=O)n1ccnc1. The van der Waals surface area contributed by atoms with E-state index in [2.05, 4.69) is 4.98 Å². The molecule has 5 nitrogen and oxygen atoms in total. The smallest absolute Gasteiger partial charge is 0.272 e. The lowest BCUT2D eigenvalue weighted by Crippen LogP contribution is -2.12. The summed E-state index contributed by atoms with van der Waals surface area (Å²) in [6.07, 6.45) is 4.07. The highest BCUT2D eigenvalue weighted by Gasteiger charge is 2.21. The summed E-state index contributed by atoms with van der Waals surface area (Å²) in [6, 6.07) is 5.01. The van der Waals surface area contributed by atoms with Gasteiger partial charge in [0.2, 0.25) is 0 Å². The van der Waals surface area contributed by atoms with E-state index in [0.717, 1.165) is 9.54 Å². The molecule has 0 aliphatic rings. The van der Waals surface area contributed by atoms with Gasteiger partial charge in [-0.2, -0.15) is 0 Å². The average molecular weight is 266 g/mol. The number of aromatic nitrogens is 2. The van der Waals surface area contributed by atoms with Crippen molar-refractivity contribution in [3.05, 3.63) is 42.5 Å². The Bertz CT molecular complexity index is 633. The number of hydrogen-bond donors (Lipinski definition) is 0. The van der Waals surface area contributed by atoms with Crippen molar-refractivity contribution in [2.75, 3.05) is 6.61 Å². The molecule has 2 rings (SSSR count). The monoisotopic (exact) mass is 266 g/mol. The molecule has 0 fully saturated rings. The Kier molecular flexibility index (Phi) is 3.38. The maximum Gasteiger partial charge on any atom is 0.272 e. The number of aryl methyl sites for hydroxylation is 1. The Labute approximate surface area is 106 Å². The zero-order valence-corrected chi connectivity index (χ0v) is 11.0. The zero-order valence-electron chi connectivity index (χ0n) is 10.2. The second-order valence-electron chi connectivity index (χ2n) is 3.78. The van der Waals surface area contributed by atoms with E-state index in [-0.39, 0.29) is 4.90 Å². The molecule has 1 aromatic heterocycles. The van der Waals surface area contributed by atoms with Crippen LogP contribution < -0.4 is 4.74 Å². The van der Waals surface area contributed by atoms with Gasteiger partial charge in [0, 0.05) is 12.4 Å². The summed E-state index contributed by atoms with van der Waals surface area (Å²) in [5, 5.41) is 0. The van der Waals surface area contributed by atoms with E-state index in [1.807, 2.05) is 13.8 Å². The van der Waals surface area contributed by atoms with Crippen LogP contribution >= 0.6 is 0 Å². The Morgan fingerprint density at radius 3 is 2.78 bits per heavy atom. The summed E-state index contributed by atoms with van der Waals surface area (Å²) >= 11 is 0. The van der Waals surface area contributed by atoms with Crippen LogP contribution in [0, 0.1) is 6.92 Å². The number of imidazole rings is 1.